The van der Waals surface area contributed by atoms with Gasteiger partial charge in [-0.2, -0.15) is 0 Å². The Balaban J connectivity index is 1.63. The van der Waals surface area contributed by atoms with Crippen LogP contribution in [0.3, 0.4) is 0 Å². The highest BCUT2D eigenvalue weighted by molar-refractivity contribution is 5.95. The number of H-pyrrole nitrogens is 1. The summed E-state index contributed by atoms with van der Waals surface area (Å²) in [6.45, 7) is 4.57. The highest BCUT2D eigenvalue weighted by Gasteiger charge is 2.13. The molecule has 22 heavy (non-hydrogen) atoms. The van der Waals surface area contributed by atoms with E-state index in [9.17, 15) is 4.79 Å². The molecule has 1 fully saturated rings. The van der Waals surface area contributed by atoms with Gasteiger partial charge in [0.05, 0.1) is 5.56 Å². The van der Waals surface area contributed by atoms with Crippen LogP contribution in [0.25, 0.3) is 0 Å². The molecule has 5 heteroatoms. The minimum atomic E-state index is -0.0462. The van der Waals surface area contributed by atoms with Crippen molar-refractivity contribution in [3.05, 3.63) is 47.4 Å². The van der Waals surface area contributed by atoms with Crippen LogP contribution in [0.15, 0.2) is 30.6 Å². The van der Waals surface area contributed by atoms with E-state index in [1.54, 1.807) is 12.3 Å². The van der Waals surface area contributed by atoms with E-state index in [1.165, 1.54) is 19.3 Å². The van der Waals surface area contributed by atoms with Gasteiger partial charge in [-0.05, 0) is 49.9 Å². The van der Waals surface area contributed by atoms with Gasteiger partial charge in [0.2, 0.25) is 0 Å². The highest BCUT2D eigenvalue weighted by atomic mass is 16.1. The van der Waals surface area contributed by atoms with Crippen molar-refractivity contribution in [1.29, 1.82) is 0 Å². The number of nitrogens with zero attached hydrogens (tertiary/aromatic N) is 2. The van der Waals surface area contributed by atoms with Crippen LogP contribution in [0.1, 0.15) is 40.9 Å². The number of anilines is 1. The lowest BCUT2D eigenvalue weighted by molar-refractivity contribution is 0.0950. The Hall–Kier alpha value is -2.30. The zero-order chi connectivity index (χ0) is 15.4. The Kier molecular flexibility index (Phi) is 4.42. The summed E-state index contributed by atoms with van der Waals surface area (Å²) >= 11 is 0. The molecule has 0 aliphatic carbocycles. The molecule has 0 atom stereocenters. The average molecular weight is 298 g/mol. The first kappa shape index (κ1) is 14.6. The second-order valence-electron chi connectivity index (χ2n) is 5.77. The van der Waals surface area contributed by atoms with Crippen LogP contribution in [0.5, 0.6) is 0 Å². The Morgan fingerprint density at radius 1 is 1.32 bits per heavy atom. The standard InChI is InChI=1S/C17H22N4O/c1-13-15(6-8-18-13)17(22)20-12-14-5-7-19-16(11-14)21-9-3-2-4-10-21/h5-8,11,18H,2-4,9-10,12H2,1H3,(H,20,22). The third-order valence-electron chi connectivity index (χ3n) is 4.14. The summed E-state index contributed by atoms with van der Waals surface area (Å²) in [6.07, 6.45) is 7.38. The SMILES string of the molecule is Cc1[nH]ccc1C(=O)NCc1ccnc(N2CCCCC2)c1. The molecule has 0 aromatic carbocycles. The van der Waals surface area contributed by atoms with Crippen molar-refractivity contribution in [2.75, 3.05) is 18.0 Å². The minimum Gasteiger partial charge on any atom is -0.365 e. The van der Waals surface area contributed by atoms with E-state index in [1.807, 2.05) is 19.2 Å². The van der Waals surface area contributed by atoms with Gasteiger partial charge < -0.3 is 15.2 Å². The van der Waals surface area contributed by atoms with Gasteiger partial charge in [-0.25, -0.2) is 4.98 Å². The number of pyridine rings is 1. The number of rotatable bonds is 4. The smallest absolute Gasteiger partial charge is 0.253 e. The second-order valence-corrected chi connectivity index (χ2v) is 5.77. The molecule has 2 aromatic rings. The molecule has 116 valence electrons. The first-order valence-electron chi connectivity index (χ1n) is 7.86. The van der Waals surface area contributed by atoms with Gasteiger partial charge in [0, 0.05) is 37.7 Å². The Morgan fingerprint density at radius 2 is 2.14 bits per heavy atom. The molecule has 0 saturated carbocycles. The largest absolute Gasteiger partial charge is 0.365 e. The molecule has 0 bridgehead atoms. The molecule has 5 nitrogen and oxygen atoms in total. The van der Waals surface area contributed by atoms with Crippen molar-refractivity contribution in [2.45, 2.75) is 32.7 Å². The summed E-state index contributed by atoms with van der Waals surface area (Å²) < 4.78 is 0. The fraction of sp³-hybridized carbons (Fsp3) is 0.412. The summed E-state index contributed by atoms with van der Waals surface area (Å²) in [7, 11) is 0. The lowest BCUT2D eigenvalue weighted by Crippen LogP contribution is -2.30. The lowest BCUT2D eigenvalue weighted by Gasteiger charge is -2.27. The molecule has 2 aromatic heterocycles. The van der Waals surface area contributed by atoms with E-state index in [4.69, 9.17) is 0 Å². The zero-order valence-electron chi connectivity index (χ0n) is 12.9. The van der Waals surface area contributed by atoms with Crippen LogP contribution in [0.4, 0.5) is 5.82 Å². The van der Waals surface area contributed by atoms with Gasteiger partial charge in [0.15, 0.2) is 0 Å². The molecule has 0 spiro atoms. The van der Waals surface area contributed by atoms with Crippen LogP contribution in [0.2, 0.25) is 0 Å². The van der Waals surface area contributed by atoms with E-state index in [-0.39, 0.29) is 5.91 Å². The fourth-order valence-corrected chi connectivity index (χ4v) is 2.84. The van der Waals surface area contributed by atoms with Crippen LogP contribution < -0.4 is 10.2 Å². The molecule has 2 N–H and O–H groups in total. The second kappa shape index (κ2) is 6.64. The molecular formula is C17H22N4O. The number of aromatic amines is 1. The summed E-state index contributed by atoms with van der Waals surface area (Å²) in [5.74, 6) is 0.972. The number of carbonyl (C=O) groups excluding carboxylic acids is 1. The molecule has 0 unspecified atom stereocenters. The molecule has 3 rings (SSSR count). The first-order valence-corrected chi connectivity index (χ1v) is 7.86. The highest BCUT2D eigenvalue weighted by Crippen LogP contribution is 2.18. The number of carbonyl (C=O) groups is 1. The zero-order valence-corrected chi connectivity index (χ0v) is 12.9. The van der Waals surface area contributed by atoms with Gasteiger partial charge in [-0.3, -0.25) is 4.79 Å². The maximum absolute atomic E-state index is 12.1. The Labute approximate surface area is 130 Å². The van der Waals surface area contributed by atoms with Crippen molar-refractivity contribution in [1.82, 2.24) is 15.3 Å². The van der Waals surface area contributed by atoms with Crippen molar-refractivity contribution in [3.8, 4) is 0 Å². The number of amides is 1. The quantitative estimate of drug-likeness (QED) is 0.912. The van der Waals surface area contributed by atoms with E-state index >= 15 is 0 Å². The molecule has 1 saturated heterocycles. The lowest BCUT2D eigenvalue weighted by atomic mass is 10.1. The predicted molar refractivity (Wildman–Crippen MR) is 87.0 cm³/mol. The monoisotopic (exact) mass is 298 g/mol. The van der Waals surface area contributed by atoms with Crippen LogP contribution in [0, 0.1) is 6.92 Å². The third-order valence-corrected chi connectivity index (χ3v) is 4.14. The third kappa shape index (κ3) is 3.30. The van der Waals surface area contributed by atoms with Gasteiger partial charge in [0.1, 0.15) is 5.82 Å². The summed E-state index contributed by atoms with van der Waals surface area (Å²) in [5.41, 5.74) is 2.67. The average Bonchev–Trinajstić information content (AvgIpc) is 3.00. The number of nitrogens with one attached hydrogen (secondary N) is 2. The van der Waals surface area contributed by atoms with Crippen molar-refractivity contribution in [2.24, 2.45) is 0 Å². The molecule has 3 heterocycles. The molecule has 1 amide bonds. The number of aromatic nitrogens is 2. The number of piperidine rings is 1. The summed E-state index contributed by atoms with van der Waals surface area (Å²) in [5, 5.41) is 2.97. The van der Waals surface area contributed by atoms with Gasteiger partial charge in [-0.1, -0.05) is 0 Å². The van der Waals surface area contributed by atoms with Crippen molar-refractivity contribution < 1.29 is 4.79 Å². The molecule has 0 radical (unpaired) electrons. The maximum Gasteiger partial charge on any atom is 0.253 e. The van der Waals surface area contributed by atoms with E-state index in [0.29, 0.717) is 12.1 Å². The van der Waals surface area contributed by atoms with Crippen molar-refractivity contribution >= 4 is 11.7 Å². The normalized spacial score (nSPS) is 14.9. The summed E-state index contributed by atoms with van der Waals surface area (Å²) in [4.78, 5) is 21.9. The topological polar surface area (TPSA) is 61.0 Å². The fourth-order valence-electron chi connectivity index (χ4n) is 2.84. The number of aryl methyl sites for hydroxylation is 1. The van der Waals surface area contributed by atoms with Crippen LogP contribution in [-0.2, 0) is 6.54 Å². The first-order chi connectivity index (χ1) is 10.7. The van der Waals surface area contributed by atoms with Crippen LogP contribution in [-0.4, -0.2) is 29.0 Å². The molecule has 1 aliphatic heterocycles. The number of hydrogen-bond acceptors (Lipinski definition) is 3. The molecule has 1 aliphatic rings. The number of hydrogen-bond donors (Lipinski definition) is 2. The Morgan fingerprint density at radius 3 is 2.86 bits per heavy atom. The van der Waals surface area contributed by atoms with E-state index in [2.05, 4.69) is 26.3 Å². The van der Waals surface area contributed by atoms with E-state index in [0.717, 1.165) is 30.2 Å². The van der Waals surface area contributed by atoms with E-state index < -0.39 is 0 Å². The maximum atomic E-state index is 12.1. The molecular weight excluding hydrogens is 276 g/mol. The predicted octanol–water partition coefficient (Wildman–Crippen LogP) is 2.64. The van der Waals surface area contributed by atoms with Gasteiger partial charge >= 0.3 is 0 Å². The van der Waals surface area contributed by atoms with Crippen LogP contribution >= 0.6 is 0 Å². The Bertz CT molecular complexity index is 644. The van der Waals surface area contributed by atoms with Gasteiger partial charge in [-0.15, -0.1) is 0 Å². The van der Waals surface area contributed by atoms with Gasteiger partial charge in [0.25, 0.3) is 5.91 Å². The summed E-state index contributed by atoms with van der Waals surface area (Å²) in [6, 6.07) is 5.84. The van der Waals surface area contributed by atoms with Crippen molar-refractivity contribution in [3.63, 3.8) is 0 Å². The minimum absolute atomic E-state index is 0.0462.